The summed E-state index contributed by atoms with van der Waals surface area (Å²) in [5, 5.41) is 5.98. The van der Waals surface area contributed by atoms with E-state index >= 15 is 0 Å². The van der Waals surface area contributed by atoms with Crippen LogP contribution in [0.4, 0.5) is 16.8 Å². The molecule has 0 aliphatic carbocycles. The molecule has 0 amide bonds. The Morgan fingerprint density at radius 1 is 1.42 bits per heavy atom. The van der Waals surface area contributed by atoms with Crippen LogP contribution < -0.4 is 5.50 Å². The molecule has 0 aliphatic heterocycles. The molecule has 11 heteroatoms. The molecule has 74 valence electrons. The van der Waals surface area contributed by atoms with E-state index in [-0.39, 0.29) is 0 Å². The summed E-state index contributed by atoms with van der Waals surface area (Å²) in [6.45, 7) is 0.932. The molecule has 0 rings (SSSR count). The van der Waals surface area contributed by atoms with Crippen LogP contribution in [0.15, 0.2) is 9.03 Å². The molecule has 12 heavy (non-hydrogen) atoms. The van der Waals surface area contributed by atoms with Gasteiger partial charge in [0.2, 0.25) is 0 Å². The van der Waals surface area contributed by atoms with E-state index in [9.17, 15) is 16.8 Å². The summed E-state index contributed by atoms with van der Waals surface area (Å²) >= 11 is 0. The number of hydrogen-bond donors (Lipinski definition) is 2. The van der Waals surface area contributed by atoms with E-state index in [0.29, 0.717) is 0 Å². The van der Waals surface area contributed by atoms with Gasteiger partial charge in [0, 0.05) is 0 Å². The van der Waals surface area contributed by atoms with Crippen molar-refractivity contribution in [3.05, 3.63) is 0 Å². The van der Waals surface area contributed by atoms with Crippen LogP contribution in [0.25, 0.3) is 0 Å². The number of halogens is 4. The Labute approximate surface area is 67.6 Å². The van der Waals surface area contributed by atoms with Crippen LogP contribution in [-0.2, 0) is 0 Å². The summed E-state index contributed by atoms with van der Waals surface area (Å²) < 4.78 is 53.0. The molecule has 0 aromatic heterocycles. The smallest absolute Gasteiger partial charge is 0.253 e. The second kappa shape index (κ2) is 4.05. The Hall–Kier alpha value is 0.370. The van der Waals surface area contributed by atoms with Crippen LogP contribution in [0.2, 0.25) is 0 Å². The van der Waals surface area contributed by atoms with E-state index in [1.807, 2.05) is 0 Å². The van der Waals surface area contributed by atoms with E-state index in [1.165, 1.54) is 0 Å². The minimum Gasteiger partial charge on any atom is -0.253 e. The van der Waals surface area contributed by atoms with Crippen molar-refractivity contribution in [1.82, 2.24) is 0 Å². The van der Waals surface area contributed by atoms with Crippen molar-refractivity contribution in [1.29, 1.82) is 5.16 Å². The highest BCUT2D eigenvalue weighted by atomic mass is 31.3. The standard InChI is InChI=1S/CH7F4N4P3/c1-10(2)8-12(5,7)9-11(3,4)6/h6,10H,7H2,1H3. The van der Waals surface area contributed by atoms with Crippen LogP contribution in [0.1, 0.15) is 0 Å². The van der Waals surface area contributed by atoms with Crippen molar-refractivity contribution in [3.8, 4) is 0 Å². The molecule has 0 aromatic rings. The van der Waals surface area contributed by atoms with E-state index in [4.69, 9.17) is 5.16 Å². The summed E-state index contributed by atoms with van der Waals surface area (Å²) in [5.41, 5.74) is 4.53. The van der Waals surface area contributed by atoms with E-state index in [1.54, 1.807) is 0 Å². The molecule has 0 spiro atoms. The molecule has 0 bridgehead atoms. The third-order valence-corrected chi connectivity index (χ3v) is 4.64. The fraction of sp³-hybridized carbons (Fsp3) is 1.00. The number of hydrogen-bond acceptors (Lipinski definition) is 1. The first-order valence-electron chi connectivity index (χ1n) is 2.50. The van der Waals surface area contributed by atoms with Crippen LogP contribution in [0, 0.1) is 5.16 Å². The largest absolute Gasteiger partial charge is 0.412 e. The molecule has 0 aliphatic rings. The van der Waals surface area contributed by atoms with Crippen LogP contribution in [0.5, 0.6) is 0 Å². The molecule has 0 aromatic carbocycles. The second-order valence-corrected chi connectivity index (χ2v) is 6.36. The predicted molar refractivity (Wildman–Crippen MR) is 44.3 cm³/mol. The lowest BCUT2D eigenvalue weighted by molar-refractivity contribution is 0.715. The van der Waals surface area contributed by atoms with Gasteiger partial charge in [-0.1, -0.05) is 0 Å². The monoisotopic (exact) mass is 244 g/mol. The van der Waals surface area contributed by atoms with Gasteiger partial charge in [-0.15, -0.1) is 12.9 Å². The average molecular weight is 244 g/mol. The summed E-state index contributed by atoms with van der Waals surface area (Å²) in [6, 6.07) is 0. The van der Waals surface area contributed by atoms with Gasteiger partial charge in [0.25, 0.3) is 0 Å². The van der Waals surface area contributed by atoms with E-state index in [0.717, 1.165) is 6.66 Å². The van der Waals surface area contributed by atoms with Gasteiger partial charge in [-0.05, 0) is 6.66 Å². The Morgan fingerprint density at radius 2 is 1.83 bits per heavy atom. The molecule has 2 atom stereocenters. The summed E-state index contributed by atoms with van der Waals surface area (Å²) in [7, 11) is -12.9. The fourth-order valence-corrected chi connectivity index (χ4v) is 3.70. The molecule has 0 fully saturated rings. The molecule has 0 heterocycles. The van der Waals surface area contributed by atoms with Gasteiger partial charge in [-0.25, -0.2) is 9.36 Å². The number of nitrogens with zero attached hydrogens (tertiary/aromatic N) is 2. The van der Waals surface area contributed by atoms with Gasteiger partial charge in [-0.2, -0.15) is 8.71 Å². The highest BCUT2D eigenvalue weighted by Gasteiger charge is 2.20. The van der Waals surface area contributed by atoms with E-state index in [2.05, 4.69) is 14.5 Å². The number of nitrogens with one attached hydrogen (secondary N) is 1. The zero-order valence-electron chi connectivity index (χ0n) is 5.88. The predicted octanol–water partition coefficient (Wildman–Crippen LogP) is 4.24. The minimum absolute atomic E-state index is 0.932. The van der Waals surface area contributed by atoms with Gasteiger partial charge in [0.1, 0.15) is 8.02 Å². The maximum atomic E-state index is 12.6. The van der Waals surface area contributed by atoms with Gasteiger partial charge in [-0.3, -0.25) is 5.50 Å². The summed E-state index contributed by atoms with van der Waals surface area (Å²) in [5.74, 6) is 0. The van der Waals surface area contributed by atoms with Crippen molar-refractivity contribution < 1.29 is 16.8 Å². The summed E-state index contributed by atoms with van der Waals surface area (Å²) in [4.78, 5) is 0. The highest BCUT2D eigenvalue weighted by Crippen LogP contribution is 2.64. The van der Waals surface area contributed by atoms with Crippen LogP contribution >= 0.6 is 23.5 Å². The van der Waals surface area contributed by atoms with Crippen LogP contribution in [-0.4, -0.2) is 6.66 Å². The zero-order chi connectivity index (χ0) is 9.99. The first-order chi connectivity index (χ1) is 5.12. The zero-order valence-corrected chi connectivity index (χ0v) is 8.67. The quantitative estimate of drug-likeness (QED) is 0.553. The van der Waals surface area contributed by atoms with Gasteiger partial charge in [0.05, 0.1) is 0 Å². The SMILES string of the molecule is C/[PH](F)=N\P(N)(F)=NP(=N)(F)F. The third kappa shape index (κ3) is 7.04. The first kappa shape index (κ1) is 12.4. The van der Waals surface area contributed by atoms with Crippen molar-refractivity contribution in [3.63, 3.8) is 0 Å². The number of rotatable bonds is 2. The Bertz CT molecular complexity index is 281. The molecule has 3 N–H and O–H groups in total. The normalized spacial score (nSPS) is 20.2. The number of nitrogens with two attached hydrogens (primary N) is 1. The third-order valence-electron chi connectivity index (χ3n) is 0.516. The molecular formula is CH7F4N4P3. The molecule has 0 saturated carbocycles. The molecule has 0 saturated heterocycles. The lowest BCUT2D eigenvalue weighted by Gasteiger charge is -2.02. The Morgan fingerprint density at radius 3 is 2.08 bits per heavy atom. The van der Waals surface area contributed by atoms with Crippen molar-refractivity contribution >= 4 is 23.5 Å². The van der Waals surface area contributed by atoms with Gasteiger partial charge in [0.15, 0.2) is 0 Å². The van der Waals surface area contributed by atoms with Gasteiger partial charge < -0.3 is 0 Å². The maximum Gasteiger partial charge on any atom is 0.412 e. The van der Waals surface area contributed by atoms with Crippen molar-refractivity contribution in [2.75, 3.05) is 6.66 Å². The lowest BCUT2D eigenvalue weighted by atomic mass is 12.0. The van der Waals surface area contributed by atoms with Gasteiger partial charge >= 0.3 is 15.5 Å². The molecule has 4 nitrogen and oxygen atoms in total. The minimum atomic E-state index is -5.41. The van der Waals surface area contributed by atoms with Crippen LogP contribution in [0.3, 0.4) is 0 Å². The second-order valence-electron chi connectivity index (χ2n) is 1.74. The average Bonchev–Trinajstić information content (AvgIpc) is 1.48. The summed E-state index contributed by atoms with van der Waals surface area (Å²) in [6.07, 6.45) is 0. The van der Waals surface area contributed by atoms with Crippen molar-refractivity contribution in [2.24, 2.45) is 14.5 Å². The topological polar surface area (TPSA) is 74.6 Å². The van der Waals surface area contributed by atoms with E-state index < -0.39 is 23.5 Å². The molecular weight excluding hydrogens is 237 g/mol. The molecule has 2 unspecified atom stereocenters. The molecule has 0 radical (unpaired) electrons. The Kier molecular flexibility index (Phi) is 4.18. The lowest BCUT2D eigenvalue weighted by Crippen LogP contribution is -1.81. The first-order valence-corrected chi connectivity index (χ1v) is 7.50. The fourth-order valence-electron chi connectivity index (χ4n) is 0.371. The highest BCUT2D eigenvalue weighted by molar-refractivity contribution is 7.69. The Balaban J connectivity index is 4.99. The maximum absolute atomic E-state index is 12.6. The van der Waals surface area contributed by atoms with Crippen molar-refractivity contribution in [2.45, 2.75) is 0 Å².